The number of hydrogen-bond donors (Lipinski definition) is 3. The van der Waals surface area contributed by atoms with E-state index in [9.17, 15) is 4.79 Å². The van der Waals surface area contributed by atoms with Crippen molar-refractivity contribution in [3.63, 3.8) is 0 Å². The van der Waals surface area contributed by atoms with Crippen molar-refractivity contribution in [3.8, 4) is 0 Å². The molecule has 5 N–H and O–H groups in total. The van der Waals surface area contributed by atoms with Crippen LogP contribution in [0.5, 0.6) is 0 Å². The van der Waals surface area contributed by atoms with Gasteiger partial charge in [-0.05, 0) is 18.8 Å². The Bertz CT molecular complexity index is 164. The maximum Gasteiger partial charge on any atom is 0.407 e. The molecule has 5 heteroatoms. The van der Waals surface area contributed by atoms with E-state index >= 15 is 0 Å². The highest BCUT2D eigenvalue weighted by Gasteiger charge is 2.24. The first-order valence-electron chi connectivity index (χ1n) is 4.10. The Morgan fingerprint density at radius 2 is 1.92 bits per heavy atom. The van der Waals surface area contributed by atoms with E-state index in [1.165, 1.54) is 4.90 Å². The molecule has 1 saturated heterocycles. The van der Waals surface area contributed by atoms with Gasteiger partial charge in [-0.2, -0.15) is 0 Å². The number of likely N-dealkylation sites (tertiary alicyclic amines) is 1. The molecule has 0 atom stereocenters. The number of nitrogens with zero attached hydrogens (tertiary/aromatic N) is 1. The van der Waals surface area contributed by atoms with Gasteiger partial charge in [0.1, 0.15) is 0 Å². The molecule has 1 heterocycles. The molecule has 0 aliphatic carbocycles. The summed E-state index contributed by atoms with van der Waals surface area (Å²) in [7, 11) is 0. The predicted molar refractivity (Wildman–Crippen MR) is 44.5 cm³/mol. The lowest BCUT2D eigenvalue weighted by atomic mass is 9.95. The van der Waals surface area contributed by atoms with Crippen molar-refractivity contribution in [3.05, 3.63) is 0 Å². The minimum absolute atomic E-state index is 0.278. The Labute approximate surface area is 71.3 Å². The second-order valence-corrected chi connectivity index (χ2v) is 3.18. The average Bonchev–Trinajstić information content (AvgIpc) is 2.04. The fourth-order valence-corrected chi connectivity index (χ4v) is 1.48. The first-order chi connectivity index (χ1) is 5.61. The molecule has 0 unspecified atom stereocenters. The first kappa shape index (κ1) is 9.28. The van der Waals surface area contributed by atoms with Gasteiger partial charge in [-0.1, -0.05) is 0 Å². The number of nitrogens with two attached hydrogens (primary N) is 2. The summed E-state index contributed by atoms with van der Waals surface area (Å²) in [6, 6.07) is 0. The standard InChI is InChI=1S/C7H15N3O2/c8-6(9)5-1-3-10(4-2-5)7(11)12/h5-6H,1-4,8-9H2,(H,11,12). The molecule has 1 aliphatic rings. The van der Waals surface area contributed by atoms with Crippen LogP contribution in [0.15, 0.2) is 0 Å². The fraction of sp³-hybridized carbons (Fsp3) is 0.857. The van der Waals surface area contributed by atoms with Crippen LogP contribution in [-0.4, -0.2) is 35.4 Å². The van der Waals surface area contributed by atoms with Gasteiger partial charge in [0.2, 0.25) is 0 Å². The van der Waals surface area contributed by atoms with Crippen molar-refractivity contribution in [2.24, 2.45) is 17.4 Å². The zero-order chi connectivity index (χ0) is 9.14. The molecule has 0 spiro atoms. The smallest absolute Gasteiger partial charge is 0.407 e. The van der Waals surface area contributed by atoms with E-state index in [2.05, 4.69) is 0 Å². The van der Waals surface area contributed by atoms with Crippen LogP contribution in [0, 0.1) is 5.92 Å². The highest BCUT2D eigenvalue weighted by molar-refractivity contribution is 5.64. The lowest BCUT2D eigenvalue weighted by Crippen LogP contribution is -2.46. The van der Waals surface area contributed by atoms with Crippen molar-refractivity contribution < 1.29 is 9.90 Å². The topological polar surface area (TPSA) is 92.6 Å². The second kappa shape index (κ2) is 3.73. The van der Waals surface area contributed by atoms with Crippen molar-refractivity contribution in [1.29, 1.82) is 0 Å². The summed E-state index contributed by atoms with van der Waals surface area (Å²) in [5.74, 6) is 0.278. The third-order valence-electron chi connectivity index (χ3n) is 2.35. The van der Waals surface area contributed by atoms with Gasteiger partial charge < -0.3 is 21.5 Å². The molecule has 0 aromatic carbocycles. The lowest BCUT2D eigenvalue weighted by molar-refractivity contribution is 0.120. The number of amides is 1. The van der Waals surface area contributed by atoms with E-state index in [0.717, 1.165) is 12.8 Å². The molecule has 12 heavy (non-hydrogen) atoms. The van der Waals surface area contributed by atoms with Gasteiger partial charge in [-0.15, -0.1) is 0 Å². The van der Waals surface area contributed by atoms with E-state index < -0.39 is 6.09 Å². The van der Waals surface area contributed by atoms with Crippen LogP contribution in [0.2, 0.25) is 0 Å². The Morgan fingerprint density at radius 1 is 1.42 bits per heavy atom. The molecular weight excluding hydrogens is 158 g/mol. The van der Waals surface area contributed by atoms with Crippen LogP contribution < -0.4 is 11.5 Å². The van der Waals surface area contributed by atoms with Gasteiger partial charge in [0, 0.05) is 13.1 Å². The van der Waals surface area contributed by atoms with Crippen LogP contribution in [-0.2, 0) is 0 Å². The molecule has 0 aromatic heterocycles. The van der Waals surface area contributed by atoms with E-state index in [1.807, 2.05) is 0 Å². The Kier molecular flexibility index (Phi) is 2.88. The van der Waals surface area contributed by atoms with Crippen LogP contribution in [0.3, 0.4) is 0 Å². The van der Waals surface area contributed by atoms with Crippen molar-refractivity contribution in [2.45, 2.75) is 19.0 Å². The number of carboxylic acid groups (broad SMARTS) is 1. The molecule has 5 nitrogen and oxygen atoms in total. The molecule has 1 fully saturated rings. The molecule has 1 aliphatic heterocycles. The summed E-state index contributed by atoms with van der Waals surface area (Å²) < 4.78 is 0. The summed E-state index contributed by atoms with van der Waals surface area (Å²) >= 11 is 0. The largest absolute Gasteiger partial charge is 0.465 e. The molecule has 0 aromatic rings. The lowest BCUT2D eigenvalue weighted by Gasteiger charge is -2.31. The van der Waals surface area contributed by atoms with Crippen LogP contribution in [0.25, 0.3) is 0 Å². The van der Waals surface area contributed by atoms with Gasteiger partial charge in [-0.3, -0.25) is 0 Å². The zero-order valence-corrected chi connectivity index (χ0v) is 6.94. The molecular formula is C7H15N3O2. The summed E-state index contributed by atoms with van der Waals surface area (Å²) in [5, 5.41) is 8.63. The molecule has 1 amide bonds. The van der Waals surface area contributed by atoms with Gasteiger partial charge in [0.15, 0.2) is 0 Å². The molecule has 0 bridgehead atoms. The summed E-state index contributed by atoms with van der Waals surface area (Å²) in [6.07, 6.45) is 0.411. The maximum atomic E-state index is 10.5. The fourth-order valence-electron chi connectivity index (χ4n) is 1.48. The van der Waals surface area contributed by atoms with Crippen LogP contribution >= 0.6 is 0 Å². The van der Waals surface area contributed by atoms with Gasteiger partial charge >= 0.3 is 6.09 Å². The quantitative estimate of drug-likeness (QED) is 0.471. The molecule has 1 rings (SSSR count). The minimum atomic E-state index is -0.848. The summed E-state index contributed by atoms with van der Waals surface area (Å²) in [4.78, 5) is 11.9. The van der Waals surface area contributed by atoms with Crippen LogP contribution in [0.1, 0.15) is 12.8 Å². The highest BCUT2D eigenvalue weighted by atomic mass is 16.4. The third kappa shape index (κ3) is 2.09. The number of rotatable bonds is 1. The van der Waals surface area contributed by atoms with E-state index in [1.54, 1.807) is 0 Å². The maximum absolute atomic E-state index is 10.5. The van der Waals surface area contributed by atoms with Crippen molar-refractivity contribution >= 4 is 6.09 Å². The number of hydrogen-bond acceptors (Lipinski definition) is 3. The molecule has 0 saturated carbocycles. The van der Waals surface area contributed by atoms with Gasteiger partial charge in [0.05, 0.1) is 6.17 Å². The third-order valence-corrected chi connectivity index (χ3v) is 2.35. The Hall–Kier alpha value is -0.810. The molecule has 70 valence electrons. The minimum Gasteiger partial charge on any atom is -0.465 e. The monoisotopic (exact) mass is 173 g/mol. The van der Waals surface area contributed by atoms with Crippen molar-refractivity contribution in [2.75, 3.05) is 13.1 Å². The Balaban J connectivity index is 2.34. The first-order valence-corrected chi connectivity index (χ1v) is 4.10. The van der Waals surface area contributed by atoms with Crippen LogP contribution in [0.4, 0.5) is 4.79 Å². The summed E-state index contributed by atoms with van der Waals surface area (Å²) in [5.41, 5.74) is 11.0. The van der Waals surface area contributed by atoms with E-state index in [-0.39, 0.29) is 12.1 Å². The summed E-state index contributed by atoms with van der Waals surface area (Å²) in [6.45, 7) is 1.12. The number of piperidine rings is 1. The van der Waals surface area contributed by atoms with Gasteiger partial charge in [-0.25, -0.2) is 4.79 Å². The number of carbonyl (C=O) groups is 1. The van der Waals surface area contributed by atoms with Gasteiger partial charge in [0.25, 0.3) is 0 Å². The average molecular weight is 173 g/mol. The van der Waals surface area contributed by atoms with E-state index in [0.29, 0.717) is 13.1 Å². The normalized spacial score (nSPS) is 20.1. The second-order valence-electron chi connectivity index (χ2n) is 3.18. The predicted octanol–water partition coefficient (Wildman–Crippen LogP) is -0.380. The SMILES string of the molecule is NC(N)C1CCN(C(=O)O)CC1. The zero-order valence-electron chi connectivity index (χ0n) is 6.94. The van der Waals surface area contributed by atoms with Crippen molar-refractivity contribution in [1.82, 2.24) is 4.90 Å². The van der Waals surface area contributed by atoms with E-state index in [4.69, 9.17) is 16.6 Å². The molecule has 0 radical (unpaired) electrons. The Morgan fingerprint density at radius 3 is 2.25 bits per heavy atom. The highest BCUT2D eigenvalue weighted by Crippen LogP contribution is 2.17.